The lowest BCUT2D eigenvalue weighted by molar-refractivity contribution is 0.195. The van der Waals surface area contributed by atoms with Crippen LogP contribution < -0.4 is 0 Å². The first-order chi connectivity index (χ1) is 11.2. The Hall–Kier alpha value is -1.37. The highest BCUT2D eigenvalue weighted by Gasteiger charge is 2.23. The number of aromatic nitrogens is 3. The van der Waals surface area contributed by atoms with Crippen LogP contribution in [0.1, 0.15) is 19.4 Å². The Morgan fingerprint density at radius 3 is 2.70 bits per heavy atom. The number of likely N-dealkylation sites (N-methyl/N-ethyl adjacent to an activating group) is 1. The van der Waals surface area contributed by atoms with Gasteiger partial charge < -0.3 is 4.90 Å². The Morgan fingerprint density at radius 2 is 1.96 bits per heavy atom. The summed E-state index contributed by atoms with van der Waals surface area (Å²) in [6.07, 6.45) is 0. The third-order valence-electron chi connectivity index (χ3n) is 4.45. The summed E-state index contributed by atoms with van der Waals surface area (Å²) in [7, 11) is 0. The molecule has 1 aromatic heterocycles. The van der Waals surface area contributed by atoms with Crippen molar-refractivity contribution >= 4 is 11.8 Å². The van der Waals surface area contributed by atoms with E-state index in [4.69, 9.17) is 0 Å². The third-order valence-corrected chi connectivity index (χ3v) is 5.50. The van der Waals surface area contributed by atoms with Crippen LogP contribution in [-0.4, -0.2) is 56.6 Å². The molecule has 2 aromatic rings. The predicted molar refractivity (Wildman–Crippen MR) is 95.4 cm³/mol. The second kappa shape index (κ2) is 7.47. The molecule has 5 nitrogen and oxygen atoms in total. The van der Waals surface area contributed by atoms with Crippen LogP contribution in [0.15, 0.2) is 29.4 Å². The van der Waals surface area contributed by atoms with Crippen LogP contribution in [-0.2, 0) is 6.67 Å². The largest absolute Gasteiger partial charge is 0.303 e. The van der Waals surface area contributed by atoms with Crippen LogP contribution in [0.25, 0.3) is 11.4 Å². The van der Waals surface area contributed by atoms with Crippen molar-refractivity contribution in [1.29, 1.82) is 0 Å². The van der Waals surface area contributed by atoms with Gasteiger partial charge in [0.05, 0.1) is 12.5 Å². The Balaban J connectivity index is 1.75. The maximum absolute atomic E-state index is 4.45. The summed E-state index contributed by atoms with van der Waals surface area (Å²) in [4.78, 5) is 4.94. The molecule has 0 saturated heterocycles. The molecule has 0 saturated carbocycles. The van der Waals surface area contributed by atoms with Gasteiger partial charge >= 0.3 is 0 Å². The zero-order valence-electron chi connectivity index (χ0n) is 14.2. The monoisotopic (exact) mass is 331 g/mol. The first kappa shape index (κ1) is 16.5. The summed E-state index contributed by atoms with van der Waals surface area (Å²) in [5, 5.41) is 9.85. The summed E-state index contributed by atoms with van der Waals surface area (Å²) < 4.78 is 2.25. The summed E-state index contributed by atoms with van der Waals surface area (Å²) in [6, 6.07) is 8.40. The van der Waals surface area contributed by atoms with Crippen molar-refractivity contribution in [2.45, 2.75) is 32.6 Å². The number of hydrogen-bond acceptors (Lipinski definition) is 5. The number of benzene rings is 1. The zero-order chi connectivity index (χ0) is 16.2. The van der Waals surface area contributed by atoms with Gasteiger partial charge in [-0.05, 0) is 25.6 Å². The van der Waals surface area contributed by atoms with Crippen LogP contribution in [0.2, 0.25) is 0 Å². The molecular weight excluding hydrogens is 306 g/mol. The van der Waals surface area contributed by atoms with E-state index in [2.05, 4.69) is 69.6 Å². The van der Waals surface area contributed by atoms with Gasteiger partial charge in [0.1, 0.15) is 0 Å². The lowest BCUT2D eigenvalue weighted by Crippen LogP contribution is -2.38. The fourth-order valence-corrected chi connectivity index (χ4v) is 3.80. The maximum atomic E-state index is 4.45. The molecule has 124 valence electrons. The molecule has 6 heteroatoms. The lowest BCUT2D eigenvalue weighted by atomic mass is 10.1. The number of aryl methyl sites for hydroxylation is 1. The number of hydrogen-bond donors (Lipinski definition) is 0. The molecule has 0 fully saturated rings. The van der Waals surface area contributed by atoms with E-state index in [0.29, 0.717) is 0 Å². The fourth-order valence-electron chi connectivity index (χ4n) is 2.89. The summed E-state index contributed by atoms with van der Waals surface area (Å²) >= 11 is 1.78. The van der Waals surface area contributed by atoms with Crippen LogP contribution >= 0.6 is 11.8 Å². The van der Waals surface area contributed by atoms with Gasteiger partial charge in [0.15, 0.2) is 11.0 Å². The molecule has 0 amide bonds. The van der Waals surface area contributed by atoms with E-state index in [1.807, 2.05) is 0 Å². The van der Waals surface area contributed by atoms with E-state index in [1.54, 1.807) is 11.8 Å². The van der Waals surface area contributed by atoms with Crippen LogP contribution in [0.3, 0.4) is 0 Å². The van der Waals surface area contributed by atoms with Crippen molar-refractivity contribution in [2.75, 3.05) is 32.1 Å². The van der Waals surface area contributed by atoms with Gasteiger partial charge in [0, 0.05) is 18.7 Å². The van der Waals surface area contributed by atoms with Gasteiger partial charge in [-0.1, -0.05) is 49.9 Å². The van der Waals surface area contributed by atoms with E-state index in [9.17, 15) is 0 Å². The molecular formula is C17H25N5S. The smallest absolute Gasteiger partial charge is 0.193 e. The van der Waals surface area contributed by atoms with E-state index in [0.717, 1.165) is 49.7 Å². The van der Waals surface area contributed by atoms with Crippen molar-refractivity contribution in [3.05, 3.63) is 29.8 Å². The van der Waals surface area contributed by atoms with E-state index < -0.39 is 0 Å². The van der Waals surface area contributed by atoms with E-state index in [1.165, 1.54) is 11.1 Å². The normalized spacial score (nSPS) is 15.1. The molecule has 1 aliphatic rings. The standard InChI is InChI=1S/C17H25N5S/c1-4-20(5-2)10-11-21-12-22-16(18-19-17(22)23-13-21)15-9-7-6-8-14(15)3/h6-9H,4-5,10-13H2,1-3H3. The average molecular weight is 331 g/mol. The van der Waals surface area contributed by atoms with Crippen molar-refractivity contribution in [3.8, 4) is 11.4 Å². The van der Waals surface area contributed by atoms with E-state index >= 15 is 0 Å². The molecule has 0 unspecified atom stereocenters. The lowest BCUT2D eigenvalue weighted by Gasteiger charge is -2.30. The van der Waals surface area contributed by atoms with Gasteiger partial charge in [-0.3, -0.25) is 9.47 Å². The quantitative estimate of drug-likeness (QED) is 0.813. The summed E-state index contributed by atoms with van der Waals surface area (Å²) in [5.74, 6) is 1.98. The Bertz CT molecular complexity index is 650. The highest BCUT2D eigenvalue weighted by Crippen LogP contribution is 2.30. The number of fused-ring (bicyclic) bond motifs is 1. The van der Waals surface area contributed by atoms with Gasteiger partial charge in [0.2, 0.25) is 0 Å². The van der Waals surface area contributed by atoms with Crippen molar-refractivity contribution in [1.82, 2.24) is 24.6 Å². The molecule has 1 aromatic carbocycles. The molecule has 3 rings (SSSR count). The molecule has 0 radical (unpaired) electrons. The van der Waals surface area contributed by atoms with Gasteiger partial charge in [-0.2, -0.15) is 0 Å². The minimum Gasteiger partial charge on any atom is -0.303 e. The van der Waals surface area contributed by atoms with Crippen LogP contribution in [0.5, 0.6) is 0 Å². The maximum Gasteiger partial charge on any atom is 0.193 e. The Morgan fingerprint density at radius 1 is 1.17 bits per heavy atom. The minimum absolute atomic E-state index is 0.875. The minimum atomic E-state index is 0.875. The van der Waals surface area contributed by atoms with Gasteiger partial charge in [0.25, 0.3) is 0 Å². The molecule has 0 bridgehead atoms. The molecule has 0 spiro atoms. The second-order valence-electron chi connectivity index (χ2n) is 5.89. The number of rotatable bonds is 6. The topological polar surface area (TPSA) is 37.2 Å². The fraction of sp³-hybridized carbons (Fsp3) is 0.529. The summed E-state index contributed by atoms with van der Waals surface area (Å²) in [5.41, 5.74) is 2.42. The summed E-state index contributed by atoms with van der Waals surface area (Å²) in [6.45, 7) is 11.9. The molecule has 0 atom stereocenters. The first-order valence-electron chi connectivity index (χ1n) is 8.29. The van der Waals surface area contributed by atoms with E-state index in [-0.39, 0.29) is 0 Å². The van der Waals surface area contributed by atoms with Gasteiger partial charge in [-0.25, -0.2) is 0 Å². The van der Waals surface area contributed by atoms with Crippen LogP contribution in [0.4, 0.5) is 0 Å². The first-order valence-corrected chi connectivity index (χ1v) is 9.28. The van der Waals surface area contributed by atoms with Crippen LogP contribution in [0, 0.1) is 6.92 Å². The molecule has 23 heavy (non-hydrogen) atoms. The van der Waals surface area contributed by atoms with Crippen molar-refractivity contribution in [3.63, 3.8) is 0 Å². The van der Waals surface area contributed by atoms with Gasteiger partial charge in [-0.15, -0.1) is 10.2 Å². The highest BCUT2D eigenvalue weighted by molar-refractivity contribution is 7.99. The molecule has 1 aliphatic heterocycles. The van der Waals surface area contributed by atoms with Crippen molar-refractivity contribution < 1.29 is 0 Å². The Kier molecular flexibility index (Phi) is 5.35. The number of nitrogens with zero attached hydrogens (tertiary/aromatic N) is 5. The van der Waals surface area contributed by atoms with Crippen molar-refractivity contribution in [2.24, 2.45) is 0 Å². The second-order valence-corrected chi connectivity index (χ2v) is 6.80. The predicted octanol–water partition coefficient (Wildman–Crippen LogP) is 2.92. The highest BCUT2D eigenvalue weighted by atomic mass is 32.2. The Labute approximate surface area is 142 Å². The molecule has 0 N–H and O–H groups in total. The zero-order valence-corrected chi connectivity index (χ0v) is 15.0. The number of thioether (sulfide) groups is 1. The average Bonchev–Trinajstić information content (AvgIpc) is 2.99. The third kappa shape index (κ3) is 3.59. The molecule has 2 heterocycles. The SMILES string of the molecule is CCN(CC)CCN1CSc2nnc(-c3ccccc3C)n2C1. The molecule has 0 aliphatic carbocycles.